The monoisotopic (exact) mass is 297 g/mol. The van der Waals surface area contributed by atoms with Gasteiger partial charge in [0.25, 0.3) is 0 Å². The molecule has 0 amide bonds. The van der Waals surface area contributed by atoms with Gasteiger partial charge in [0.1, 0.15) is 11.1 Å². The van der Waals surface area contributed by atoms with Crippen LogP contribution in [-0.2, 0) is 14.6 Å². The van der Waals surface area contributed by atoms with E-state index in [1.165, 1.54) is 25.1 Å². The van der Waals surface area contributed by atoms with E-state index in [0.29, 0.717) is 0 Å². The Labute approximate surface area is 115 Å². The van der Waals surface area contributed by atoms with Gasteiger partial charge in [-0.15, -0.1) is 0 Å². The van der Waals surface area contributed by atoms with Gasteiger partial charge >= 0.3 is 5.97 Å². The first-order valence-electron chi connectivity index (χ1n) is 5.93. The molecular formula is C13H12FNO4S. The molecule has 1 fully saturated rings. The highest BCUT2D eigenvalue weighted by Crippen LogP contribution is 2.63. The molecule has 20 heavy (non-hydrogen) atoms. The lowest BCUT2D eigenvalue weighted by molar-refractivity contribution is -0.141. The molecule has 1 aromatic carbocycles. The number of benzene rings is 1. The number of carboxylic acids is 1. The fraction of sp³-hybridized carbons (Fsp3) is 0.385. The van der Waals surface area contributed by atoms with E-state index in [1.807, 2.05) is 0 Å². The second-order valence-electron chi connectivity index (χ2n) is 4.69. The molecule has 2 rings (SSSR count). The van der Waals surface area contributed by atoms with Crippen molar-refractivity contribution in [1.82, 2.24) is 0 Å². The van der Waals surface area contributed by atoms with Gasteiger partial charge in [-0.1, -0.05) is 19.1 Å². The number of hydrogen-bond donors (Lipinski definition) is 1. The van der Waals surface area contributed by atoms with Gasteiger partial charge in [-0.05, 0) is 17.7 Å². The molecule has 0 aliphatic heterocycles. The summed E-state index contributed by atoms with van der Waals surface area (Å²) < 4.78 is 37.2. The highest BCUT2D eigenvalue weighted by atomic mass is 32.2. The quantitative estimate of drug-likeness (QED) is 0.904. The van der Waals surface area contributed by atoms with Crippen LogP contribution in [-0.4, -0.2) is 30.5 Å². The van der Waals surface area contributed by atoms with E-state index in [0.717, 1.165) is 6.07 Å². The molecule has 1 N–H and O–H groups in total. The van der Waals surface area contributed by atoms with Crippen molar-refractivity contribution in [2.45, 2.75) is 18.1 Å². The van der Waals surface area contributed by atoms with E-state index in [1.54, 1.807) is 6.07 Å². The molecule has 1 aliphatic carbocycles. The molecule has 106 valence electrons. The second kappa shape index (κ2) is 4.56. The van der Waals surface area contributed by atoms with Gasteiger partial charge in [0, 0.05) is 11.7 Å². The number of rotatable bonds is 4. The summed E-state index contributed by atoms with van der Waals surface area (Å²) in [6, 6.07) is 6.66. The minimum absolute atomic E-state index is 0.218. The largest absolute Gasteiger partial charge is 0.480 e. The molecule has 3 atom stereocenters. The molecule has 0 spiro atoms. The Morgan fingerprint density at radius 2 is 2.20 bits per heavy atom. The number of nitrogens with zero attached hydrogens (tertiary/aromatic N) is 1. The maximum atomic E-state index is 13.2. The zero-order valence-corrected chi connectivity index (χ0v) is 11.4. The summed E-state index contributed by atoms with van der Waals surface area (Å²) in [7, 11) is -3.73. The van der Waals surface area contributed by atoms with Gasteiger partial charge in [-0.3, -0.25) is 4.79 Å². The molecule has 0 bridgehead atoms. The molecule has 0 saturated heterocycles. The van der Waals surface area contributed by atoms with Gasteiger partial charge in [0.05, 0.1) is 6.07 Å². The molecule has 0 radical (unpaired) electrons. The number of halogens is 1. The molecule has 7 heteroatoms. The Kier molecular flexibility index (Phi) is 3.30. The van der Waals surface area contributed by atoms with Crippen LogP contribution in [0.25, 0.3) is 0 Å². The number of hydrogen-bond acceptors (Lipinski definition) is 4. The zero-order chi connectivity index (χ0) is 15.1. The summed E-state index contributed by atoms with van der Waals surface area (Å²) in [4.78, 5) is 11.4. The first kappa shape index (κ1) is 14.5. The Balaban J connectivity index is 2.58. The smallest absolute Gasteiger partial charge is 0.326 e. The van der Waals surface area contributed by atoms with E-state index in [-0.39, 0.29) is 11.3 Å². The first-order valence-corrected chi connectivity index (χ1v) is 7.64. The van der Waals surface area contributed by atoms with Crippen molar-refractivity contribution in [2.75, 3.05) is 5.75 Å². The molecular weight excluding hydrogens is 285 g/mol. The highest BCUT2D eigenvalue weighted by Gasteiger charge is 2.76. The summed E-state index contributed by atoms with van der Waals surface area (Å²) in [5, 5.41) is 17.1. The predicted molar refractivity (Wildman–Crippen MR) is 68.1 cm³/mol. The molecule has 1 aliphatic rings. The van der Waals surface area contributed by atoms with Crippen LogP contribution in [0.3, 0.4) is 0 Å². The van der Waals surface area contributed by atoms with Crippen molar-refractivity contribution < 1.29 is 22.7 Å². The zero-order valence-electron chi connectivity index (χ0n) is 10.6. The van der Waals surface area contributed by atoms with Crippen molar-refractivity contribution in [3.05, 3.63) is 35.6 Å². The Morgan fingerprint density at radius 3 is 2.65 bits per heavy atom. The fourth-order valence-corrected chi connectivity index (χ4v) is 4.53. The predicted octanol–water partition coefficient (Wildman–Crippen LogP) is 1.32. The second-order valence-corrected chi connectivity index (χ2v) is 7.10. The number of nitriles is 1. The van der Waals surface area contributed by atoms with E-state index in [2.05, 4.69) is 0 Å². The molecule has 1 aromatic rings. The Morgan fingerprint density at radius 1 is 1.55 bits per heavy atom. The summed E-state index contributed by atoms with van der Waals surface area (Å²) in [6.07, 6.45) is 0. The number of sulfone groups is 1. The average molecular weight is 297 g/mol. The van der Waals surface area contributed by atoms with Gasteiger partial charge in [-0.2, -0.15) is 5.26 Å². The van der Waals surface area contributed by atoms with Crippen molar-refractivity contribution in [1.29, 1.82) is 5.26 Å². The van der Waals surface area contributed by atoms with E-state index < -0.39 is 38.2 Å². The standard InChI is InChI=1S/C13H12FNO4S/c1-2-20(18,19)11-10(13(11,7-15)12(16)17)8-4-3-5-9(14)6-8/h3-6,10-11H,2H2,1H3,(H,16,17)/t10-,11+,13-/m0/s1. The van der Waals surface area contributed by atoms with E-state index in [4.69, 9.17) is 5.26 Å². The van der Waals surface area contributed by atoms with Gasteiger partial charge in [0.2, 0.25) is 0 Å². The topological polar surface area (TPSA) is 95.2 Å². The highest BCUT2D eigenvalue weighted by molar-refractivity contribution is 7.92. The van der Waals surface area contributed by atoms with Crippen molar-refractivity contribution >= 4 is 15.8 Å². The minimum atomic E-state index is -3.73. The van der Waals surface area contributed by atoms with Crippen LogP contribution in [0.4, 0.5) is 4.39 Å². The number of carbonyl (C=O) groups is 1. The van der Waals surface area contributed by atoms with Crippen molar-refractivity contribution in [2.24, 2.45) is 5.41 Å². The third kappa shape index (κ3) is 1.88. The molecule has 0 aromatic heterocycles. The maximum Gasteiger partial charge on any atom is 0.326 e. The maximum absolute atomic E-state index is 13.2. The lowest BCUT2D eigenvalue weighted by Gasteiger charge is -2.02. The Bertz CT molecular complexity index is 709. The SMILES string of the molecule is CCS(=O)(=O)[C@@H]1[C@H](c2cccc(F)c2)[C@]1(C#N)C(=O)O. The number of carboxylic acid groups (broad SMARTS) is 1. The van der Waals surface area contributed by atoms with Crippen LogP contribution in [0.15, 0.2) is 24.3 Å². The van der Waals surface area contributed by atoms with Crippen LogP contribution in [0.1, 0.15) is 18.4 Å². The Hall–Kier alpha value is -1.94. The number of aliphatic carboxylic acids is 1. The third-order valence-corrected chi connectivity index (χ3v) is 5.89. The summed E-state index contributed by atoms with van der Waals surface area (Å²) >= 11 is 0. The minimum Gasteiger partial charge on any atom is -0.480 e. The fourth-order valence-electron chi connectivity index (χ4n) is 2.60. The van der Waals surface area contributed by atoms with Crippen molar-refractivity contribution in [3.63, 3.8) is 0 Å². The van der Waals surface area contributed by atoms with Crippen molar-refractivity contribution in [3.8, 4) is 6.07 Å². The molecule has 0 unspecified atom stereocenters. The summed E-state index contributed by atoms with van der Waals surface area (Å²) in [5.74, 6) is -3.39. The average Bonchev–Trinajstić information content (AvgIpc) is 3.10. The van der Waals surface area contributed by atoms with Crippen LogP contribution in [0, 0.1) is 22.6 Å². The van der Waals surface area contributed by atoms with Gasteiger partial charge in [0.15, 0.2) is 15.3 Å². The third-order valence-electron chi connectivity index (χ3n) is 3.67. The first-order chi connectivity index (χ1) is 9.31. The lowest BCUT2D eigenvalue weighted by Crippen LogP contribution is -2.23. The van der Waals surface area contributed by atoms with Crippen LogP contribution in [0.5, 0.6) is 0 Å². The normalized spacial score (nSPS) is 28.6. The van der Waals surface area contributed by atoms with Gasteiger partial charge in [-0.25, -0.2) is 12.8 Å². The van der Waals surface area contributed by atoms with Crippen LogP contribution in [0.2, 0.25) is 0 Å². The van der Waals surface area contributed by atoms with Gasteiger partial charge < -0.3 is 5.11 Å². The van der Waals surface area contributed by atoms with Crippen LogP contribution >= 0.6 is 0 Å². The van der Waals surface area contributed by atoms with E-state index in [9.17, 15) is 22.7 Å². The molecule has 5 nitrogen and oxygen atoms in total. The summed E-state index contributed by atoms with van der Waals surface area (Å²) in [5.41, 5.74) is -1.81. The van der Waals surface area contributed by atoms with E-state index >= 15 is 0 Å². The molecule has 1 saturated carbocycles. The summed E-state index contributed by atoms with van der Waals surface area (Å²) in [6.45, 7) is 1.39. The lowest BCUT2D eigenvalue weighted by atomic mass is 10.0. The van der Waals surface area contributed by atoms with Crippen LogP contribution < -0.4 is 0 Å². The molecule has 0 heterocycles.